The first-order valence-corrected chi connectivity index (χ1v) is 8.98. The smallest absolute Gasteiger partial charge is 0.124 e. The summed E-state index contributed by atoms with van der Waals surface area (Å²) in [5.41, 5.74) is 4.33. The summed E-state index contributed by atoms with van der Waals surface area (Å²) in [6.45, 7) is 3.64. The van der Waals surface area contributed by atoms with Gasteiger partial charge in [0, 0.05) is 49.8 Å². The lowest BCUT2D eigenvalue weighted by Gasteiger charge is -2.28. The van der Waals surface area contributed by atoms with E-state index in [2.05, 4.69) is 31.2 Å². The van der Waals surface area contributed by atoms with E-state index in [9.17, 15) is 5.26 Å². The first-order valence-electron chi connectivity index (χ1n) is 8.98. The van der Waals surface area contributed by atoms with E-state index in [1.54, 1.807) is 12.4 Å². The number of aromatic nitrogens is 3. The molecule has 2 N–H and O–H groups in total. The summed E-state index contributed by atoms with van der Waals surface area (Å²) in [5.74, 6) is 0.899. The molecule has 0 spiro atoms. The molecule has 0 saturated carbocycles. The molecule has 3 aromatic heterocycles. The molecule has 3 aromatic rings. The second kappa shape index (κ2) is 7.85. The van der Waals surface area contributed by atoms with Crippen molar-refractivity contribution in [3.05, 3.63) is 65.7 Å². The number of hydrogen-bond donors (Lipinski definition) is 2. The summed E-state index contributed by atoms with van der Waals surface area (Å²) in [4.78, 5) is 14.3. The molecule has 0 radical (unpaired) electrons. The first-order chi connectivity index (χ1) is 13.3. The van der Waals surface area contributed by atoms with Gasteiger partial charge in [-0.2, -0.15) is 5.26 Å². The Morgan fingerprint density at radius 1 is 1.00 bits per heavy atom. The fourth-order valence-electron chi connectivity index (χ4n) is 3.17. The van der Waals surface area contributed by atoms with Crippen LogP contribution in [0.4, 0.5) is 5.82 Å². The number of hydrogen-bond acceptors (Lipinski definition) is 5. The Morgan fingerprint density at radius 2 is 1.81 bits per heavy atom. The van der Waals surface area contributed by atoms with Crippen molar-refractivity contribution >= 4 is 18.0 Å². The van der Waals surface area contributed by atoms with Gasteiger partial charge in [-0.15, -0.1) is 0 Å². The van der Waals surface area contributed by atoms with E-state index >= 15 is 0 Å². The normalized spacial score (nSPS) is 14.4. The molecule has 1 saturated heterocycles. The quantitative estimate of drug-likeness (QED) is 0.751. The van der Waals surface area contributed by atoms with Gasteiger partial charge in [-0.1, -0.05) is 6.07 Å². The van der Waals surface area contributed by atoms with Crippen LogP contribution in [0.1, 0.15) is 17.0 Å². The summed E-state index contributed by atoms with van der Waals surface area (Å²) in [6, 6.07) is 14.0. The van der Waals surface area contributed by atoms with Gasteiger partial charge in [0.1, 0.15) is 11.9 Å². The zero-order chi connectivity index (χ0) is 18.5. The summed E-state index contributed by atoms with van der Waals surface area (Å²) in [7, 11) is 0. The van der Waals surface area contributed by atoms with Crippen molar-refractivity contribution in [2.45, 2.75) is 0 Å². The average Bonchev–Trinajstić information content (AvgIpc) is 3.18. The highest BCUT2D eigenvalue weighted by molar-refractivity contribution is 5.73. The van der Waals surface area contributed by atoms with Crippen molar-refractivity contribution < 1.29 is 0 Å². The molecule has 0 amide bonds. The molecule has 1 aliphatic heterocycles. The van der Waals surface area contributed by atoms with E-state index in [0.717, 1.165) is 54.6 Å². The lowest BCUT2D eigenvalue weighted by atomic mass is 10.1. The maximum atomic E-state index is 9.53. The van der Waals surface area contributed by atoms with Crippen molar-refractivity contribution in [3.8, 4) is 17.3 Å². The Bertz CT molecular complexity index is 977. The molecule has 4 rings (SSSR count). The minimum absolute atomic E-state index is 0.675. The van der Waals surface area contributed by atoms with Gasteiger partial charge in [-0.05, 0) is 42.5 Å². The molecule has 0 unspecified atom stereocenters. The van der Waals surface area contributed by atoms with Gasteiger partial charge in [0.25, 0.3) is 0 Å². The van der Waals surface area contributed by atoms with Crippen LogP contribution in [0.3, 0.4) is 0 Å². The maximum Gasteiger partial charge on any atom is 0.124 e. The number of H-pyrrole nitrogens is 1. The summed E-state index contributed by atoms with van der Waals surface area (Å²) in [6.07, 6.45) is 7.43. The Labute approximate surface area is 158 Å². The fourth-order valence-corrected chi connectivity index (χ4v) is 3.17. The Morgan fingerprint density at radius 3 is 2.59 bits per heavy atom. The van der Waals surface area contributed by atoms with Crippen LogP contribution >= 0.6 is 0 Å². The van der Waals surface area contributed by atoms with Crippen LogP contribution in [0.2, 0.25) is 0 Å². The molecule has 1 fully saturated rings. The van der Waals surface area contributed by atoms with E-state index in [4.69, 9.17) is 0 Å². The molecule has 134 valence electrons. The monoisotopic (exact) mass is 356 g/mol. The Kier molecular flexibility index (Phi) is 4.95. The Balaban J connectivity index is 1.61. The number of nitrogens with zero attached hydrogens (tertiary/aromatic N) is 4. The first kappa shape index (κ1) is 17.0. The van der Waals surface area contributed by atoms with Crippen LogP contribution in [0.15, 0.2) is 48.8 Å². The summed E-state index contributed by atoms with van der Waals surface area (Å²) in [5, 5.41) is 12.9. The van der Waals surface area contributed by atoms with Crippen LogP contribution in [0.5, 0.6) is 0 Å². The van der Waals surface area contributed by atoms with E-state index in [1.807, 2.05) is 48.6 Å². The number of aromatic amines is 1. The molecule has 1 aliphatic rings. The predicted octanol–water partition coefficient (Wildman–Crippen LogP) is 2.92. The van der Waals surface area contributed by atoms with E-state index < -0.39 is 0 Å². The molecule has 6 heteroatoms. The minimum Gasteiger partial charge on any atom is -0.355 e. The lowest BCUT2D eigenvalue weighted by molar-refractivity contribution is 0.585. The zero-order valence-corrected chi connectivity index (χ0v) is 14.9. The van der Waals surface area contributed by atoms with Crippen LogP contribution in [0.25, 0.3) is 23.4 Å². The number of anilines is 1. The molecule has 0 bridgehead atoms. The number of pyridine rings is 2. The van der Waals surface area contributed by atoms with Crippen molar-refractivity contribution in [1.29, 1.82) is 5.26 Å². The largest absolute Gasteiger partial charge is 0.355 e. The topological polar surface area (TPSA) is 80.6 Å². The van der Waals surface area contributed by atoms with Crippen molar-refractivity contribution in [1.82, 2.24) is 20.3 Å². The van der Waals surface area contributed by atoms with Crippen LogP contribution < -0.4 is 10.2 Å². The van der Waals surface area contributed by atoms with Gasteiger partial charge in [0.15, 0.2) is 0 Å². The molecule has 27 heavy (non-hydrogen) atoms. The third-order valence-corrected chi connectivity index (χ3v) is 4.56. The highest BCUT2D eigenvalue weighted by Gasteiger charge is 2.17. The highest BCUT2D eigenvalue weighted by atomic mass is 15.2. The van der Waals surface area contributed by atoms with Gasteiger partial charge in [-0.25, -0.2) is 0 Å². The molecular formula is C21H20N6. The Hall–Kier alpha value is -3.43. The van der Waals surface area contributed by atoms with E-state index in [1.165, 1.54) is 0 Å². The number of nitriles is 1. The van der Waals surface area contributed by atoms with Gasteiger partial charge >= 0.3 is 0 Å². The number of rotatable bonds is 4. The number of piperazine rings is 1. The molecule has 0 aromatic carbocycles. The molecule has 6 nitrogen and oxygen atoms in total. The van der Waals surface area contributed by atoms with E-state index in [0.29, 0.717) is 5.56 Å². The van der Waals surface area contributed by atoms with Gasteiger partial charge in [-0.3, -0.25) is 9.97 Å². The number of nitrogens with one attached hydrogen (secondary N) is 2. The van der Waals surface area contributed by atoms with Crippen LogP contribution in [0, 0.1) is 11.3 Å². The van der Waals surface area contributed by atoms with Crippen molar-refractivity contribution in [2.75, 3.05) is 31.1 Å². The predicted molar refractivity (Wildman–Crippen MR) is 107 cm³/mol. The van der Waals surface area contributed by atoms with Gasteiger partial charge in [0.2, 0.25) is 0 Å². The second-order valence-electron chi connectivity index (χ2n) is 6.35. The maximum absolute atomic E-state index is 9.53. The fraction of sp³-hybridized carbons (Fsp3) is 0.190. The molecule has 0 atom stereocenters. The average molecular weight is 356 g/mol. The van der Waals surface area contributed by atoms with Crippen molar-refractivity contribution in [3.63, 3.8) is 0 Å². The summed E-state index contributed by atoms with van der Waals surface area (Å²) < 4.78 is 0. The third-order valence-electron chi connectivity index (χ3n) is 4.56. The highest BCUT2D eigenvalue weighted by Crippen LogP contribution is 2.27. The van der Waals surface area contributed by atoms with E-state index in [-0.39, 0.29) is 0 Å². The molecule has 0 aliphatic carbocycles. The van der Waals surface area contributed by atoms with Crippen LogP contribution in [-0.2, 0) is 0 Å². The van der Waals surface area contributed by atoms with Gasteiger partial charge in [0.05, 0.1) is 17.0 Å². The SMILES string of the molecule is N#Cc1cc(-c2ccnc(C=Cc3ccccn3)c2)[nH]c1N1CCNCC1. The second-order valence-corrected chi connectivity index (χ2v) is 6.35. The summed E-state index contributed by atoms with van der Waals surface area (Å²) >= 11 is 0. The molecule has 4 heterocycles. The minimum atomic E-state index is 0.675. The van der Waals surface area contributed by atoms with Gasteiger partial charge < -0.3 is 15.2 Å². The third kappa shape index (κ3) is 3.89. The van der Waals surface area contributed by atoms with Crippen LogP contribution in [-0.4, -0.2) is 41.1 Å². The zero-order valence-electron chi connectivity index (χ0n) is 14.9. The lowest BCUT2D eigenvalue weighted by Crippen LogP contribution is -2.44. The standard InChI is InChI=1S/C21H20N6/c22-15-17-14-20(26-21(17)27-11-9-23-10-12-27)16-6-8-25-19(13-16)5-4-18-3-1-2-7-24-18/h1-8,13-14,23,26H,9-12H2. The van der Waals surface area contributed by atoms with Crippen molar-refractivity contribution in [2.24, 2.45) is 0 Å². The molecular weight excluding hydrogens is 336 g/mol.